The summed E-state index contributed by atoms with van der Waals surface area (Å²) in [5.74, 6) is 0.836. The topological polar surface area (TPSA) is 70.1 Å². The Labute approximate surface area is 125 Å². The Morgan fingerprint density at radius 1 is 1.43 bits per heavy atom. The number of rotatable bonds is 6. The predicted octanol–water partition coefficient (Wildman–Crippen LogP) is 3.09. The Bertz CT molecular complexity index is 632. The summed E-state index contributed by atoms with van der Waals surface area (Å²) in [6, 6.07) is 5.63. The number of unbranched alkanes of at least 4 members (excludes halogenated alkanes) is 1. The zero-order valence-electron chi connectivity index (χ0n) is 12.9. The van der Waals surface area contributed by atoms with Gasteiger partial charge < -0.3 is 15.0 Å². The summed E-state index contributed by atoms with van der Waals surface area (Å²) < 4.78 is 7.16. The van der Waals surface area contributed by atoms with Gasteiger partial charge in [-0.15, -0.1) is 0 Å². The van der Waals surface area contributed by atoms with Crippen molar-refractivity contribution in [3.63, 3.8) is 0 Å². The van der Waals surface area contributed by atoms with Crippen LogP contribution in [0.15, 0.2) is 18.2 Å². The average Bonchev–Trinajstić information content (AvgIpc) is 2.80. The summed E-state index contributed by atoms with van der Waals surface area (Å²) in [7, 11) is 0. The minimum Gasteiger partial charge on any atom is -0.464 e. The second-order valence-corrected chi connectivity index (χ2v) is 5.50. The van der Waals surface area contributed by atoms with Crippen LogP contribution in [0.1, 0.15) is 45.4 Å². The molecule has 0 saturated carbocycles. The molecule has 2 rings (SSSR count). The van der Waals surface area contributed by atoms with Crippen molar-refractivity contribution in [3.8, 4) is 0 Å². The number of hydrogen-bond acceptors (Lipinski definition) is 4. The van der Waals surface area contributed by atoms with E-state index in [0.29, 0.717) is 12.3 Å². The number of esters is 1. The van der Waals surface area contributed by atoms with E-state index >= 15 is 0 Å². The molecule has 0 aliphatic heterocycles. The lowest BCUT2D eigenvalue weighted by molar-refractivity contribution is -0.144. The van der Waals surface area contributed by atoms with Crippen LogP contribution in [0.25, 0.3) is 11.0 Å². The SMILES string of the molecule is CCCCOC(=O)Cn1c(C(C)C)nc2c(N)cccc21. The number of benzene rings is 1. The van der Waals surface area contributed by atoms with Crippen LogP contribution in [0.2, 0.25) is 0 Å². The van der Waals surface area contributed by atoms with Gasteiger partial charge in [0.25, 0.3) is 0 Å². The first-order valence-electron chi connectivity index (χ1n) is 7.44. The third-order valence-electron chi connectivity index (χ3n) is 3.40. The molecule has 2 aromatic rings. The molecule has 0 fully saturated rings. The van der Waals surface area contributed by atoms with Crippen LogP contribution in [-0.2, 0) is 16.1 Å². The second kappa shape index (κ2) is 6.61. The van der Waals surface area contributed by atoms with E-state index in [9.17, 15) is 4.79 Å². The molecule has 5 nitrogen and oxygen atoms in total. The second-order valence-electron chi connectivity index (χ2n) is 5.50. The fraction of sp³-hybridized carbons (Fsp3) is 0.500. The molecule has 0 aliphatic carbocycles. The number of aromatic nitrogens is 2. The minimum atomic E-state index is -0.230. The smallest absolute Gasteiger partial charge is 0.326 e. The Hall–Kier alpha value is -2.04. The molecule has 1 aromatic carbocycles. The molecule has 5 heteroatoms. The number of carbonyl (C=O) groups is 1. The average molecular weight is 289 g/mol. The molecule has 0 bridgehead atoms. The molecule has 0 amide bonds. The molecule has 0 saturated heterocycles. The number of hydrogen-bond donors (Lipinski definition) is 1. The van der Waals surface area contributed by atoms with Crippen molar-refractivity contribution in [2.45, 2.75) is 46.1 Å². The monoisotopic (exact) mass is 289 g/mol. The third kappa shape index (κ3) is 3.35. The van der Waals surface area contributed by atoms with Gasteiger partial charge >= 0.3 is 5.97 Å². The molecule has 0 unspecified atom stereocenters. The summed E-state index contributed by atoms with van der Waals surface area (Å²) >= 11 is 0. The van der Waals surface area contributed by atoms with Crippen molar-refractivity contribution in [1.82, 2.24) is 9.55 Å². The number of nitrogen functional groups attached to an aromatic ring is 1. The lowest BCUT2D eigenvalue weighted by atomic mass is 10.2. The molecule has 0 aliphatic rings. The molecule has 114 valence electrons. The molecule has 1 heterocycles. The lowest BCUT2D eigenvalue weighted by Gasteiger charge is -2.11. The summed E-state index contributed by atoms with van der Waals surface area (Å²) in [4.78, 5) is 16.6. The van der Waals surface area contributed by atoms with E-state index in [0.717, 1.165) is 29.7 Å². The zero-order valence-corrected chi connectivity index (χ0v) is 12.9. The maximum absolute atomic E-state index is 12.0. The summed E-state index contributed by atoms with van der Waals surface area (Å²) in [6.07, 6.45) is 1.90. The number of nitrogens with two attached hydrogens (primary N) is 1. The minimum absolute atomic E-state index is 0.178. The van der Waals surface area contributed by atoms with Gasteiger partial charge in [0.05, 0.1) is 17.8 Å². The van der Waals surface area contributed by atoms with E-state index in [2.05, 4.69) is 25.8 Å². The number of anilines is 1. The van der Waals surface area contributed by atoms with Crippen LogP contribution in [0, 0.1) is 0 Å². The molecular weight excluding hydrogens is 266 g/mol. The Balaban J connectivity index is 2.30. The highest BCUT2D eigenvalue weighted by molar-refractivity contribution is 5.88. The van der Waals surface area contributed by atoms with Gasteiger partial charge in [0.1, 0.15) is 17.9 Å². The number of para-hydroxylation sites is 1. The molecule has 0 spiro atoms. The number of carbonyl (C=O) groups excluding carboxylic acids is 1. The van der Waals surface area contributed by atoms with Crippen LogP contribution < -0.4 is 5.73 Å². The van der Waals surface area contributed by atoms with Gasteiger partial charge in [-0.25, -0.2) is 4.98 Å². The quantitative estimate of drug-likeness (QED) is 0.504. The number of imidazole rings is 1. The highest BCUT2D eigenvalue weighted by Gasteiger charge is 2.17. The van der Waals surface area contributed by atoms with Gasteiger partial charge in [-0.05, 0) is 18.6 Å². The van der Waals surface area contributed by atoms with Crippen LogP contribution in [0.3, 0.4) is 0 Å². The Morgan fingerprint density at radius 2 is 2.19 bits per heavy atom. The van der Waals surface area contributed by atoms with Crippen molar-refractivity contribution in [2.24, 2.45) is 0 Å². The molecular formula is C16H23N3O2. The lowest BCUT2D eigenvalue weighted by Crippen LogP contribution is -2.16. The largest absolute Gasteiger partial charge is 0.464 e. The number of nitrogens with zero attached hydrogens (tertiary/aromatic N) is 2. The number of ether oxygens (including phenoxy) is 1. The van der Waals surface area contributed by atoms with Gasteiger partial charge in [-0.3, -0.25) is 4.79 Å². The summed E-state index contributed by atoms with van der Waals surface area (Å²) in [5.41, 5.74) is 8.24. The third-order valence-corrected chi connectivity index (χ3v) is 3.40. The highest BCUT2D eigenvalue weighted by Crippen LogP contribution is 2.25. The van der Waals surface area contributed by atoms with Gasteiger partial charge in [-0.1, -0.05) is 33.3 Å². The molecule has 0 atom stereocenters. The van der Waals surface area contributed by atoms with Gasteiger partial charge in [0.15, 0.2) is 0 Å². The van der Waals surface area contributed by atoms with E-state index in [-0.39, 0.29) is 18.4 Å². The number of fused-ring (bicyclic) bond motifs is 1. The maximum atomic E-state index is 12.0. The standard InChI is InChI=1S/C16H23N3O2/c1-4-5-9-21-14(20)10-19-13-8-6-7-12(17)15(13)18-16(19)11(2)3/h6-8,11H,4-5,9-10,17H2,1-3H3. The van der Waals surface area contributed by atoms with E-state index in [4.69, 9.17) is 10.5 Å². The summed E-state index contributed by atoms with van der Waals surface area (Å²) in [5, 5.41) is 0. The van der Waals surface area contributed by atoms with Gasteiger partial charge in [0.2, 0.25) is 0 Å². The van der Waals surface area contributed by atoms with Crippen LogP contribution in [0.4, 0.5) is 5.69 Å². The van der Waals surface area contributed by atoms with Crippen LogP contribution in [-0.4, -0.2) is 22.1 Å². The van der Waals surface area contributed by atoms with Crippen molar-refractivity contribution in [2.75, 3.05) is 12.3 Å². The fourth-order valence-electron chi connectivity index (χ4n) is 2.30. The zero-order chi connectivity index (χ0) is 15.4. The van der Waals surface area contributed by atoms with E-state index in [1.54, 1.807) is 0 Å². The van der Waals surface area contributed by atoms with Crippen LogP contribution in [0.5, 0.6) is 0 Å². The van der Waals surface area contributed by atoms with E-state index in [1.165, 1.54) is 0 Å². The van der Waals surface area contributed by atoms with Gasteiger partial charge in [-0.2, -0.15) is 0 Å². The normalized spacial score (nSPS) is 11.2. The Kier molecular flexibility index (Phi) is 4.83. The van der Waals surface area contributed by atoms with Crippen LogP contribution >= 0.6 is 0 Å². The van der Waals surface area contributed by atoms with Crippen molar-refractivity contribution < 1.29 is 9.53 Å². The van der Waals surface area contributed by atoms with E-state index < -0.39 is 0 Å². The maximum Gasteiger partial charge on any atom is 0.326 e. The first-order chi connectivity index (χ1) is 10.0. The van der Waals surface area contributed by atoms with Crippen molar-refractivity contribution in [1.29, 1.82) is 0 Å². The van der Waals surface area contributed by atoms with Crippen molar-refractivity contribution in [3.05, 3.63) is 24.0 Å². The fourth-order valence-corrected chi connectivity index (χ4v) is 2.30. The molecule has 0 radical (unpaired) electrons. The van der Waals surface area contributed by atoms with E-state index in [1.807, 2.05) is 22.8 Å². The molecule has 21 heavy (non-hydrogen) atoms. The predicted molar refractivity (Wildman–Crippen MR) is 84.1 cm³/mol. The highest BCUT2D eigenvalue weighted by atomic mass is 16.5. The first kappa shape index (κ1) is 15.4. The Morgan fingerprint density at radius 3 is 2.86 bits per heavy atom. The first-order valence-corrected chi connectivity index (χ1v) is 7.44. The van der Waals surface area contributed by atoms with Crippen molar-refractivity contribution >= 4 is 22.7 Å². The molecule has 1 aromatic heterocycles. The molecule has 2 N–H and O–H groups in total. The summed E-state index contributed by atoms with van der Waals surface area (Å²) in [6.45, 7) is 6.82. The van der Waals surface area contributed by atoms with Gasteiger partial charge in [0, 0.05) is 5.92 Å².